The molecule has 0 bridgehead atoms. The highest BCUT2D eigenvalue weighted by molar-refractivity contribution is 7.71. The molecule has 1 aliphatic rings. The molecule has 0 spiro atoms. The normalized spacial score (nSPS) is 15.1. The Morgan fingerprint density at radius 1 is 1.13 bits per heavy atom. The van der Waals surface area contributed by atoms with Gasteiger partial charge in [0.05, 0.1) is 19.9 Å². The van der Waals surface area contributed by atoms with Crippen LogP contribution in [0.15, 0.2) is 36.4 Å². The number of ether oxygens (including phenoxy) is 2. The third kappa shape index (κ3) is 2.56. The molecule has 0 aliphatic carbocycles. The highest BCUT2D eigenvalue weighted by Crippen LogP contribution is 2.43. The SMILES string of the molecule is COc1cc(OC)cc([C@@H]2c3[nH]c4cc(F)ccc4c3Cc3c(O)n(C)c(=S)n32)c1. The number of nitrogens with zero attached hydrogens (tertiary/aromatic N) is 2. The minimum atomic E-state index is -0.359. The number of hydrogen-bond donors (Lipinski definition) is 2. The van der Waals surface area contributed by atoms with Crippen molar-refractivity contribution in [2.45, 2.75) is 12.5 Å². The summed E-state index contributed by atoms with van der Waals surface area (Å²) < 4.78 is 28.8. The van der Waals surface area contributed by atoms with E-state index in [1.54, 1.807) is 38.0 Å². The van der Waals surface area contributed by atoms with E-state index < -0.39 is 0 Å². The number of benzene rings is 2. The van der Waals surface area contributed by atoms with E-state index in [0.29, 0.717) is 33.9 Å². The Morgan fingerprint density at radius 2 is 1.83 bits per heavy atom. The summed E-state index contributed by atoms with van der Waals surface area (Å²) in [5.74, 6) is 1.11. The van der Waals surface area contributed by atoms with Crippen molar-refractivity contribution in [1.29, 1.82) is 0 Å². The van der Waals surface area contributed by atoms with Crippen molar-refractivity contribution in [3.8, 4) is 17.4 Å². The molecule has 0 amide bonds. The Hall–Kier alpha value is -3.26. The summed E-state index contributed by atoms with van der Waals surface area (Å²) in [6.07, 6.45) is 0.481. The summed E-state index contributed by atoms with van der Waals surface area (Å²) in [5.41, 5.74) is 4.21. The van der Waals surface area contributed by atoms with Crippen LogP contribution in [-0.4, -0.2) is 33.4 Å². The molecular weight excluding hydrogens is 405 g/mol. The van der Waals surface area contributed by atoms with Gasteiger partial charge in [-0.2, -0.15) is 0 Å². The summed E-state index contributed by atoms with van der Waals surface area (Å²) in [5, 5.41) is 11.7. The lowest BCUT2D eigenvalue weighted by Gasteiger charge is -2.27. The van der Waals surface area contributed by atoms with Gasteiger partial charge in [-0.05, 0) is 53.7 Å². The van der Waals surface area contributed by atoms with Gasteiger partial charge in [0.2, 0.25) is 5.88 Å². The number of imidazole rings is 1. The van der Waals surface area contributed by atoms with Gasteiger partial charge in [0.15, 0.2) is 4.77 Å². The van der Waals surface area contributed by atoms with Crippen molar-refractivity contribution in [3.63, 3.8) is 0 Å². The van der Waals surface area contributed by atoms with Crippen molar-refractivity contribution in [1.82, 2.24) is 14.1 Å². The average Bonchev–Trinajstić information content (AvgIpc) is 3.21. The fourth-order valence-electron chi connectivity index (χ4n) is 4.37. The number of fused-ring (bicyclic) bond motifs is 4. The first-order valence-electron chi connectivity index (χ1n) is 9.45. The molecule has 0 fully saturated rings. The second-order valence-corrected chi connectivity index (χ2v) is 7.78. The topological polar surface area (TPSA) is 64.3 Å². The van der Waals surface area contributed by atoms with Crippen LogP contribution in [0.1, 0.15) is 28.6 Å². The zero-order valence-corrected chi connectivity index (χ0v) is 17.5. The Bertz CT molecular complexity index is 1350. The Labute approximate surface area is 177 Å². The van der Waals surface area contributed by atoms with E-state index in [-0.39, 0.29) is 17.7 Å². The highest BCUT2D eigenvalue weighted by Gasteiger charge is 2.34. The molecule has 8 heteroatoms. The Morgan fingerprint density at radius 3 is 2.50 bits per heavy atom. The number of nitrogens with one attached hydrogen (secondary N) is 1. The van der Waals surface area contributed by atoms with Gasteiger partial charge in [-0.25, -0.2) is 4.39 Å². The molecule has 0 saturated carbocycles. The minimum absolute atomic E-state index is 0.127. The van der Waals surface area contributed by atoms with Gasteiger partial charge in [0, 0.05) is 36.1 Å². The summed E-state index contributed by atoms with van der Waals surface area (Å²) in [4.78, 5) is 3.40. The summed E-state index contributed by atoms with van der Waals surface area (Å²) >= 11 is 5.66. The second-order valence-electron chi connectivity index (χ2n) is 7.41. The quantitative estimate of drug-likeness (QED) is 0.420. The third-order valence-corrected chi connectivity index (χ3v) is 6.30. The van der Waals surface area contributed by atoms with Crippen LogP contribution < -0.4 is 9.47 Å². The number of rotatable bonds is 3. The molecule has 2 N–H and O–H groups in total. The predicted molar refractivity (Wildman–Crippen MR) is 114 cm³/mol. The standard InChI is InChI=1S/C22H20FN3O3S/c1-25-21(27)18-10-16-15-5-4-12(23)8-17(15)24-19(16)20(26(18)22(25)30)11-6-13(28-2)9-14(7-11)29-3/h4-9,20,24,27H,10H2,1-3H3/t20-/m1/s1. The maximum absolute atomic E-state index is 13.9. The number of halogens is 1. The van der Waals surface area contributed by atoms with E-state index in [1.165, 1.54) is 12.1 Å². The van der Waals surface area contributed by atoms with Crippen LogP contribution in [0.25, 0.3) is 10.9 Å². The number of H-pyrrole nitrogens is 1. The lowest BCUT2D eigenvalue weighted by atomic mass is 9.92. The monoisotopic (exact) mass is 425 g/mol. The van der Waals surface area contributed by atoms with Gasteiger partial charge in [-0.1, -0.05) is 0 Å². The first-order valence-corrected chi connectivity index (χ1v) is 9.85. The molecule has 2 aromatic heterocycles. The van der Waals surface area contributed by atoms with E-state index in [4.69, 9.17) is 21.7 Å². The fraction of sp³-hybridized carbons (Fsp3) is 0.227. The van der Waals surface area contributed by atoms with E-state index >= 15 is 0 Å². The number of aromatic amines is 1. The van der Waals surface area contributed by atoms with Crippen molar-refractivity contribution in [2.24, 2.45) is 7.05 Å². The largest absolute Gasteiger partial charge is 0.497 e. The van der Waals surface area contributed by atoms with Gasteiger partial charge in [0.1, 0.15) is 23.4 Å². The van der Waals surface area contributed by atoms with E-state index in [2.05, 4.69) is 4.98 Å². The van der Waals surface area contributed by atoms with Crippen LogP contribution in [0.2, 0.25) is 0 Å². The van der Waals surface area contributed by atoms with Crippen LogP contribution in [0.5, 0.6) is 17.4 Å². The Balaban J connectivity index is 1.86. The van der Waals surface area contributed by atoms with Crippen molar-refractivity contribution >= 4 is 23.1 Å². The molecule has 6 nitrogen and oxygen atoms in total. The zero-order valence-electron chi connectivity index (χ0n) is 16.7. The molecule has 30 heavy (non-hydrogen) atoms. The van der Waals surface area contributed by atoms with Gasteiger partial charge in [0.25, 0.3) is 0 Å². The van der Waals surface area contributed by atoms with Crippen molar-refractivity contribution in [3.05, 3.63) is 69.5 Å². The Kier molecular flexibility index (Phi) is 4.14. The molecule has 1 aliphatic heterocycles. The summed E-state index contributed by atoms with van der Waals surface area (Å²) in [6.45, 7) is 0. The van der Waals surface area contributed by atoms with E-state index in [9.17, 15) is 9.50 Å². The number of aromatic nitrogens is 3. The van der Waals surface area contributed by atoms with E-state index in [0.717, 1.165) is 22.2 Å². The van der Waals surface area contributed by atoms with Gasteiger partial charge < -0.3 is 24.1 Å². The number of hydrogen-bond acceptors (Lipinski definition) is 4. The summed E-state index contributed by atoms with van der Waals surface area (Å²) in [7, 11) is 4.94. The maximum Gasteiger partial charge on any atom is 0.213 e. The number of methoxy groups -OCH3 is 2. The molecule has 154 valence electrons. The fourth-order valence-corrected chi connectivity index (χ4v) is 4.67. The minimum Gasteiger partial charge on any atom is -0.497 e. The maximum atomic E-state index is 13.9. The first-order chi connectivity index (χ1) is 14.4. The second kappa shape index (κ2) is 6.63. The molecular formula is C22H20FN3O3S. The van der Waals surface area contributed by atoms with Crippen LogP contribution in [0.4, 0.5) is 4.39 Å². The van der Waals surface area contributed by atoms with Crippen LogP contribution >= 0.6 is 12.2 Å². The molecule has 1 atom stereocenters. The molecule has 0 radical (unpaired) electrons. The van der Waals surface area contributed by atoms with E-state index in [1.807, 2.05) is 16.7 Å². The van der Waals surface area contributed by atoms with Crippen LogP contribution in [0, 0.1) is 10.6 Å². The average molecular weight is 425 g/mol. The van der Waals surface area contributed by atoms with Crippen molar-refractivity contribution < 1.29 is 19.0 Å². The zero-order chi connectivity index (χ0) is 21.2. The lowest BCUT2D eigenvalue weighted by Crippen LogP contribution is -2.22. The smallest absolute Gasteiger partial charge is 0.213 e. The highest BCUT2D eigenvalue weighted by atomic mass is 32.1. The molecule has 4 aromatic rings. The van der Waals surface area contributed by atoms with Gasteiger partial charge in [-0.3, -0.25) is 4.57 Å². The molecule has 0 unspecified atom stereocenters. The third-order valence-electron chi connectivity index (χ3n) is 5.83. The first kappa shape index (κ1) is 18.7. The predicted octanol–water partition coefficient (Wildman–Crippen LogP) is 4.44. The number of aromatic hydroxyl groups is 1. The van der Waals surface area contributed by atoms with Crippen molar-refractivity contribution in [2.75, 3.05) is 14.2 Å². The lowest BCUT2D eigenvalue weighted by molar-refractivity contribution is 0.392. The molecule has 5 rings (SSSR count). The van der Waals surface area contributed by atoms with Gasteiger partial charge in [-0.15, -0.1) is 0 Å². The van der Waals surface area contributed by atoms with Crippen LogP contribution in [0.3, 0.4) is 0 Å². The molecule has 0 saturated heterocycles. The molecule has 3 heterocycles. The van der Waals surface area contributed by atoms with Crippen LogP contribution in [-0.2, 0) is 13.5 Å². The molecule has 2 aromatic carbocycles. The van der Waals surface area contributed by atoms with Gasteiger partial charge >= 0.3 is 0 Å². The summed E-state index contributed by atoms with van der Waals surface area (Å²) in [6, 6.07) is 9.99.